The van der Waals surface area contributed by atoms with Crippen LogP contribution in [0.15, 0.2) is 30.3 Å². The Hall–Kier alpha value is -1.62. The second-order valence-electron chi connectivity index (χ2n) is 5.30. The van der Waals surface area contributed by atoms with Gasteiger partial charge in [0, 0.05) is 6.07 Å². The summed E-state index contributed by atoms with van der Waals surface area (Å²) >= 11 is 3.36. The highest BCUT2D eigenvalue weighted by Gasteiger charge is 2.25. The Kier molecular flexibility index (Phi) is 3.99. The molecule has 0 aliphatic carbocycles. The van der Waals surface area contributed by atoms with Gasteiger partial charge in [0.25, 0.3) is 0 Å². The summed E-state index contributed by atoms with van der Waals surface area (Å²) in [7, 11) is 0. The maximum Gasteiger partial charge on any atom is 0.241 e. The largest absolute Gasteiger partial charge is 0.309 e. The molecule has 0 atom stereocenters. The number of rotatable bonds is 3. The molecule has 0 fully saturated rings. The van der Waals surface area contributed by atoms with Gasteiger partial charge in [-0.2, -0.15) is 5.10 Å². The van der Waals surface area contributed by atoms with Gasteiger partial charge in [-0.15, -0.1) is 0 Å². The summed E-state index contributed by atoms with van der Waals surface area (Å²) < 4.78 is 1.14. The third-order valence-corrected chi connectivity index (χ3v) is 3.32. The van der Waals surface area contributed by atoms with Gasteiger partial charge in [0.05, 0.1) is 15.7 Å². The number of hydrogen-bond donors (Lipinski definition) is 1. The highest BCUT2D eigenvalue weighted by atomic mass is 79.9. The summed E-state index contributed by atoms with van der Waals surface area (Å²) in [5, 5.41) is 7.38. The summed E-state index contributed by atoms with van der Waals surface area (Å²) in [6.07, 6.45) is 0. The van der Waals surface area contributed by atoms with E-state index in [0.717, 1.165) is 16.9 Å². The molecule has 1 aromatic heterocycles. The first-order valence-corrected chi connectivity index (χ1v) is 7.21. The minimum Gasteiger partial charge on any atom is -0.309 e. The Morgan fingerprint density at radius 2 is 1.95 bits per heavy atom. The minimum absolute atomic E-state index is 0.104. The lowest BCUT2D eigenvalue weighted by molar-refractivity contribution is -0.117. The van der Waals surface area contributed by atoms with E-state index >= 15 is 0 Å². The normalized spacial score (nSPS) is 11.4. The van der Waals surface area contributed by atoms with Crippen LogP contribution in [0, 0.1) is 13.8 Å². The van der Waals surface area contributed by atoms with Crippen LogP contribution in [-0.2, 0) is 4.79 Å². The van der Waals surface area contributed by atoms with Crippen molar-refractivity contribution in [2.45, 2.75) is 32.0 Å². The van der Waals surface area contributed by atoms with Gasteiger partial charge in [-0.25, -0.2) is 4.68 Å². The van der Waals surface area contributed by atoms with E-state index in [1.807, 2.05) is 58.0 Å². The average molecular weight is 336 g/mol. The Bertz CT molecular complexity index is 641. The predicted molar refractivity (Wildman–Crippen MR) is 84.7 cm³/mol. The van der Waals surface area contributed by atoms with Crippen LogP contribution in [-0.4, -0.2) is 20.0 Å². The molecule has 2 aromatic rings. The number of carbonyl (C=O) groups is 1. The van der Waals surface area contributed by atoms with Gasteiger partial charge in [0.15, 0.2) is 0 Å². The van der Waals surface area contributed by atoms with E-state index in [-0.39, 0.29) is 5.91 Å². The molecule has 1 aromatic carbocycles. The van der Waals surface area contributed by atoms with Crippen LogP contribution in [0.3, 0.4) is 0 Å². The van der Waals surface area contributed by atoms with Gasteiger partial charge >= 0.3 is 0 Å². The number of aromatic nitrogens is 2. The second kappa shape index (κ2) is 5.40. The molecule has 106 valence electrons. The molecule has 1 heterocycles. The fraction of sp³-hybridized carbons (Fsp3) is 0.333. The minimum atomic E-state index is -0.623. The average Bonchev–Trinajstić information content (AvgIpc) is 2.69. The van der Waals surface area contributed by atoms with E-state index in [2.05, 4.69) is 26.3 Å². The molecule has 1 N–H and O–H groups in total. The van der Waals surface area contributed by atoms with Crippen molar-refractivity contribution in [2.24, 2.45) is 0 Å². The van der Waals surface area contributed by atoms with Gasteiger partial charge in [-0.1, -0.05) is 34.1 Å². The van der Waals surface area contributed by atoms with Crippen molar-refractivity contribution in [3.05, 3.63) is 41.6 Å². The van der Waals surface area contributed by atoms with Gasteiger partial charge in [0.1, 0.15) is 5.82 Å². The molecule has 1 amide bonds. The number of aryl methyl sites for hydroxylation is 2. The lowest BCUT2D eigenvalue weighted by Gasteiger charge is -2.17. The van der Waals surface area contributed by atoms with E-state index < -0.39 is 4.32 Å². The summed E-state index contributed by atoms with van der Waals surface area (Å²) in [4.78, 5) is 12.1. The van der Waals surface area contributed by atoms with E-state index in [1.165, 1.54) is 0 Å². The molecular weight excluding hydrogens is 318 g/mol. The van der Waals surface area contributed by atoms with Crippen molar-refractivity contribution in [1.29, 1.82) is 0 Å². The fourth-order valence-corrected chi connectivity index (χ4v) is 1.94. The molecule has 0 bridgehead atoms. The van der Waals surface area contributed by atoms with Gasteiger partial charge in [-0.3, -0.25) is 4.79 Å². The summed E-state index contributed by atoms with van der Waals surface area (Å²) in [5.74, 6) is 0.571. The standard InChI is InChI=1S/C15H18BrN3O/c1-10-7-5-6-8-12(10)19-13(9-11(2)18-19)17-14(20)15(3,4)16/h5-9H,1-4H3,(H,17,20). The van der Waals surface area contributed by atoms with E-state index in [9.17, 15) is 4.79 Å². The SMILES string of the molecule is Cc1cc(NC(=O)C(C)(C)Br)n(-c2ccccc2C)n1. The predicted octanol–water partition coefficient (Wildman–Crippen LogP) is 3.60. The lowest BCUT2D eigenvalue weighted by atomic mass is 10.2. The van der Waals surface area contributed by atoms with Crippen LogP contribution in [0.1, 0.15) is 25.1 Å². The zero-order valence-corrected chi connectivity index (χ0v) is 13.7. The quantitative estimate of drug-likeness (QED) is 0.871. The molecule has 4 nitrogen and oxygen atoms in total. The molecule has 0 aliphatic heterocycles. The molecule has 0 saturated heterocycles. The molecule has 2 rings (SSSR count). The molecule has 20 heavy (non-hydrogen) atoms. The molecule has 5 heteroatoms. The molecule has 0 unspecified atom stereocenters. The first-order valence-electron chi connectivity index (χ1n) is 6.42. The van der Waals surface area contributed by atoms with Crippen LogP contribution in [0.25, 0.3) is 5.69 Å². The zero-order valence-electron chi connectivity index (χ0n) is 12.1. The van der Waals surface area contributed by atoms with Crippen molar-refractivity contribution in [1.82, 2.24) is 9.78 Å². The summed E-state index contributed by atoms with van der Waals surface area (Å²) in [6.45, 7) is 7.55. The smallest absolute Gasteiger partial charge is 0.241 e. The number of para-hydroxylation sites is 1. The first kappa shape index (κ1) is 14.8. The molecular formula is C15H18BrN3O. The van der Waals surface area contributed by atoms with Crippen molar-refractivity contribution < 1.29 is 4.79 Å². The van der Waals surface area contributed by atoms with Crippen molar-refractivity contribution in [2.75, 3.05) is 5.32 Å². The highest BCUT2D eigenvalue weighted by Crippen LogP contribution is 2.23. The third-order valence-electron chi connectivity index (χ3n) is 2.96. The van der Waals surface area contributed by atoms with Crippen LogP contribution in [0.4, 0.5) is 5.82 Å². The number of nitrogens with one attached hydrogen (secondary N) is 1. The highest BCUT2D eigenvalue weighted by molar-refractivity contribution is 9.10. The van der Waals surface area contributed by atoms with Crippen molar-refractivity contribution in [3.8, 4) is 5.69 Å². The van der Waals surface area contributed by atoms with Gasteiger partial charge < -0.3 is 5.32 Å². The van der Waals surface area contributed by atoms with E-state index in [0.29, 0.717) is 5.82 Å². The second-order valence-corrected chi connectivity index (χ2v) is 7.28. The Morgan fingerprint density at radius 1 is 1.30 bits per heavy atom. The van der Waals surface area contributed by atoms with Gasteiger partial charge in [0.2, 0.25) is 5.91 Å². The monoisotopic (exact) mass is 335 g/mol. The number of halogens is 1. The number of alkyl halides is 1. The molecule has 0 aliphatic rings. The number of benzene rings is 1. The lowest BCUT2D eigenvalue weighted by Crippen LogP contribution is -2.31. The first-order chi connectivity index (χ1) is 9.29. The number of hydrogen-bond acceptors (Lipinski definition) is 2. The third kappa shape index (κ3) is 3.10. The maximum absolute atomic E-state index is 12.1. The summed E-state index contributed by atoms with van der Waals surface area (Å²) in [6, 6.07) is 9.81. The maximum atomic E-state index is 12.1. The molecule has 0 radical (unpaired) electrons. The van der Waals surface area contributed by atoms with Crippen LogP contribution < -0.4 is 5.32 Å². The Labute approximate surface area is 127 Å². The number of anilines is 1. The van der Waals surface area contributed by atoms with E-state index in [1.54, 1.807) is 4.68 Å². The van der Waals surface area contributed by atoms with Crippen molar-refractivity contribution >= 4 is 27.7 Å². The molecule has 0 spiro atoms. The Balaban J connectivity index is 2.42. The van der Waals surface area contributed by atoms with Crippen LogP contribution in [0.2, 0.25) is 0 Å². The van der Waals surface area contributed by atoms with Gasteiger partial charge in [-0.05, 0) is 39.3 Å². The topological polar surface area (TPSA) is 46.9 Å². The van der Waals surface area contributed by atoms with Crippen LogP contribution >= 0.6 is 15.9 Å². The number of amides is 1. The van der Waals surface area contributed by atoms with Crippen LogP contribution in [0.5, 0.6) is 0 Å². The van der Waals surface area contributed by atoms with Crippen molar-refractivity contribution in [3.63, 3.8) is 0 Å². The van der Waals surface area contributed by atoms with E-state index in [4.69, 9.17) is 0 Å². The molecule has 0 saturated carbocycles. The number of nitrogens with zero attached hydrogens (tertiary/aromatic N) is 2. The number of carbonyl (C=O) groups excluding carboxylic acids is 1. The zero-order chi connectivity index (χ0) is 14.9. The fourth-order valence-electron chi connectivity index (χ4n) is 1.84. The Morgan fingerprint density at radius 3 is 2.55 bits per heavy atom. The summed E-state index contributed by atoms with van der Waals surface area (Å²) in [5.41, 5.74) is 2.92.